The maximum absolute atomic E-state index is 13.6. The van der Waals surface area contributed by atoms with Gasteiger partial charge in [-0.05, 0) is 43.5 Å². The van der Waals surface area contributed by atoms with Crippen molar-refractivity contribution in [2.75, 3.05) is 4.31 Å². The first-order valence-corrected chi connectivity index (χ1v) is 9.71. The SMILES string of the molecule is CC(C)(O)C(=O)N(c1sccc1C(N)=O)S(=O)(=O)c1cc(F)ccc1Cl. The molecule has 1 aromatic heterocycles. The van der Waals surface area contributed by atoms with Crippen molar-refractivity contribution >= 4 is 49.8 Å². The Morgan fingerprint density at radius 1 is 1.31 bits per heavy atom. The molecule has 0 saturated heterocycles. The smallest absolute Gasteiger partial charge is 0.273 e. The summed E-state index contributed by atoms with van der Waals surface area (Å²) in [5.41, 5.74) is 2.86. The van der Waals surface area contributed by atoms with E-state index in [0.717, 1.165) is 37.3 Å². The fraction of sp³-hybridized carbons (Fsp3) is 0.200. The van der Waals surface area contributed by atoms with E-state index in [9.17, 15) is 27.5 Å². The molecule has 0 aliphatic rings. The highest BCUT2D eigenvalue weighted by atomic mass is 35.5. The molecule has 1 aromatic carbocycles. The van der Waals surface area contributed by atoms with Crippen LogP contribution >= 0.6 is 22.9 Å². The highest BCUT2D eigenvalue weighted by molar-refractivity contribution is 7.94. The van der Waals surface area contributed by atoms with Gasteiger partial charge in [-0.1, -0.05) is 11.6 Å². The summed E-state index contributed by atoms with van der Waals surface area (Å²) in [5.74, 6) is -3.14. The van der Waals surface area contributed by atoms with Crippen LogP contribution in [-0.2, 0) is 14.8 Å². The number of carbonyl (C=O) groups is 2. The van der Waals surface area contributed by atoms with Crippen LogP contribution in [0.5, 0.6) is 0 Å². The molecule has 26 heavy (non-hydrogen) atoms. The van der Waals surface area contributed by atoms with Crippen LogP contribution in [0.25, 0.3) is 0 Å². The van der Waals surface area contributed by atoms with Crippen molar-refractivity contribution in [3.63, 3.8) is 0 Å². The average molecular weight is 421 g/mol. The molecule has 1 heterocycles. The normalized spacial score (nSPS) is 12.0. The number of nitrogens with zero attached hydrogens (tertiary/aromatic N) is 1. The number of hydrogen-bond acceptors (Lipinski definition) is 6. The fourth-order valence-corrected chi connectivity index (χ4v) is 5.15. The lowest BCUT2D eigenvalue weighted by Gasteiger charge is -2.27. The van der Waals surface area contributed by atoms with Gasteiger partial charge in [0.25, 0.3) is 21.8 Å². The topological polar surface area (TPSA) is 118 Å². The zero-order valence-electron chi connectivity index (χ0n) is 13.6. The van der Waals surface area contributed by atoms with Crippen molar-refractivity contribution in [3.05, 3.63) is 46.0 Å². The summed E-state index contributed by atoms with van der Waals surface area (Å²) in [6.07, 6.45) is 0. The summed E-state index contributed by atoms with van der Waals surface area (Å²) in [5, 5.41) is 10.7. The lowest BCUT2D eigenvalue weighted by Crippen LogP contribution is -2.48. The van der Waals surface area contributed by atoms with Gasteiger partial charge in [0.1, 0.15) is 21.3 Å². The number of halogens is 2. The van der Waals surface area contributed by atoms with Crippen molar-refractivity contribution in [2.24, 2.45) is 5.73 Å². The van der Waals surface area contributed by atoms with Crippen LogP contribution in [0.3, 0.4) is 0 Å². The molecule has 3 N–H and O–H groups in total. The molecule has 0 bridgehead atoms. The maximum Gasteiger partial charge on any atom is 0.273 e. The monoisotopic (exact) mass is 420 g/mol. The molecule has 0 fully saturated rings. The standard InChI is InChI=1S/C15H14ClFN2O5S2/c1-15(2,22)14(21)19(13-9(12(18)20)5-6-25-13)26(23,24)11-7-8(17)3-4-10(11)16/h3-7,22H,1-2H3,(H2,18,20). The molecule has 0 spiro atoms. The summed E-state index contributed by atoms with van der Waals surface area (Å²) >= 11 is 6.61. The Balaban J connectivity index is 2.80. The van der Waals surface area contributed by atoms with E-state index in [0.29, 0.717) is 6.07 Å². The van der Waals surface area contributed by atoms with Crippen LogP contribution in [-0.4, -0.2) is 30.9 Å². The molecule has 0 radical (unpaired) electrons. The third kappa shape index (κ3) is 3.73. The van der Waals surface area contributed by atoms with Crippen molar-refractivity contribution in [2.45, 2.75) is 24.3 Å². The van der Waals surface area contributed by atoms with E-state index in [1.807, 2.05) is 0 Å². The molecule has 0 unspecified atom stereocenters. The van der Waals surface area contributed by atoms with Crippen LogP contribution in [0.15, 0.2) is 34.5 Å². The second kappa shape index (κ2) is 6.95. The van der Waals surface area contributed by atoms with Gasteiger partial charge in [0.05, 0.1) is 10.6 Å². The van der Waals surface area contributed by atoms with E-state index < -0.39 is 38.2 Å². The minimum atomic E-state index is -4.76. The van der Waals surface area contributed by atoms with Gasteiger partial charge < -0.3 is 10.8 Å². The van der Waals surface area contributed by atoms with Gasteiger partial charge in [-0.2, -0.15) is 4.31 Å². The first-order chi connectivity index (χ1) is 11.9. The number of thiophene rings is 1. The van der Waals surface area contributed by atoms with Crippen LogP contribution in [0.2, 0.25) is 5.02 Å². The molecule has 2 amide bonds. The predicted octanol–water partition coefficient (Wildman–Crippen LogP) is 2.13. The number of aliphatic hydroxyl groups is 1. The van der Waals surface area contributed by atoms with Gasteiger partial charge >= 0.3 is 0 Å². The van der Waals surface area contributed by atoms with E-state index >= 15 is 0 Å². The molecular formula is C15H14ClFN2O5S2. The largest absolute Gasteiger partial charge is 0.381 e. The molecule has 140 valence electrons. The van der Waals surface area contributed by atoms with Crippen LogP contribution in [0.4, 0.5) is 9.39 Å². The molecule has 0 aliphatic heterocycles. The number of nitrogens with two attached hydrogens (primary N) is 1. The lowest BCUT2D eigenvalue weighted by molar-refractivity contribution is -0.132. The van der Waals surface area contributed by atoms with Gasteiger partial charge in [-0.3, -0.25) is 9.59 Å². The second-order valence-electron chi connectivity index (χ2n) is 5.71. The van der Waals surface area contributed by atoms with E-state index in [1.54, 1.807) is 0 Å². The Morgan fingerprint density at radius 2 is 1.92 bits per heavy atom. The van der Waals surface area contributed by atoms with Crippen LogP contribution in [0.1, 0.15) is 24.2 Å². The summed E-state index contributed by atoms with van der Waals surface area (Å²) in [6, 6.07) is 3.83. The number of anilines is 1. The molecule has 0 aliphatic carbocycles. The fourth-order valence-electron chi connectivity index (χ4n) is 1.98. The Hall–Kier alpha value is -2.01. The van der Waals surface area contributed by atoms with E-state index in [4.69, 9.17) is 17.3 Å². The van der Waals surface area contributed by atoms with Crippen molar-refractivity contribution < 1.29 is 27.5 Å². The van der Waals surface area contributed by atoms with Gasteiger partial charge in [0.15, 0.2) is 0 Å². The van der Waals surface area contributed by atoms with Gasteiger partial charge in [0.2, 0.25) is 0 Å². The summed E-state index contributed by atoms with van der Waals surface area (Å²) in [6.45, 7) is 2.14. The first-order valence-electron chi connectivity index (χ1n) is 7.02. The first kappa shape index (κ1) is 20.3. The number of sulfonamides is 1. The summed E-state index contributed by atoms with van der Waals surface area (Å²) < 4.78 is 39.9. The van der Waals surface area contributed by atoms with E-state index in [-0.39, 0.29) is 19.9 Å². The van der Waals surface area contributed by atoms with E-state index in [2.05, 4.69) is 0 Å². The zero-order chi connectivity index (χ0) is 19.9. The van der Waals surface area contributed by atoms with Gasteiger partial charge in [-0.15, -0.1) is 11.3 Å². The molecule has 2 aromatic rings. The predicted molar refractivity (Wildman–Crippen MR) is 95.2 cm³/mol. The zero-order valence-corrected chi connectivity index (χ0v) is 16.0. The van der Waals surface area contributed by atoms with Gasteiger partial charge in [0, 0.05) is 0 Å². The summed E-state index contributed by atoms with van der Waals surface area (Å²) in [7, 11) is -4.76. The number of benzene rings is 1. The molecule has 0 saturated carbocycles. The summed E-state index contributed by atoms with van der Waals surface area (Å²) in [4.78, 5) is 23.6. The minimum absolute atomic E-state index is 0.221. The third-order valence-corrected chi connectivity index (χ3v) is 6.39. The number of rotatable bonds is 5. The Labute approximate surface area is 157 Å². The second-order valence-corrected chi connectivity index (χ2v) is 8.77. The third-order valence-electron chi connectivity index (χ3n) is 3.21. The average Bonchev–Trinajstić information content (AvgIpc) is 2.97. The highest BCUT2D eigenvalue weighted by Crippen LogP contribution is 2.36. The van der Waals surface area contributed by atoms with E-state index in [1.165, 1.54) is 11.4 Å². The lowest BCUT2D eigenvalue weighted by atomic mass is 10.1. The number of amides is 2. The van der Waals surface area contributed by atoms with Crippen molar-refractivity contribution in [1.29, 1.82) is 0 Å². The Kier molecular flexibility index (Phi) is 5.43. The van der Waals surface area contributed by atoms with Crippen molar-refractivity contribution in [3.8, 4) is 0 Å². The molecule has 11 heteroatoms. The van der Waals surface area contributed by atoms with Crippen LogP contribution in [0, 0.1) is 5.82 Å². The Morgan fingerprint density at radius 3 is 2.46 bits per heavy atom. The van der Waals surface area contributed by atoms with Crippen molar-refractivity contribution in [1.82, 2.24) is 0 Å². The minimum Gasteiger partial charge on any atom is -0.381 e. The number of primary amides is 1. The molecule has 2 rings (SSSR count). The highest BCUT2D eigenvalue weighted by Gasteiger charge is 2.41. The number of hydrogen-bond donors (Lipinski definition) is 2. The maximum atomic E-state index is 13.6. The molecular weight excluding hydrogens is 407 g/mol. The Bertz CT molecular complexity index is 982. The molecule has 7 nitrogen and oxygen atoms in total. The number of carbonyl (C=O) groups excluding carboxylic acids is 2. The van der Waals surface area contributed by atoms with Crippen LogP contribution < -0.4 is 10.0 Å². The molecule has 0 atom stereocenters. The van der Waals surface area contributed by atoms with Gasteiger partial charge in [-0.25, -0.2) is 12.8 Å². The quantitative estimate of drug-likeness (QED) is 0.768.